The molecule has 0 aliphatic rings. The number of benzene rings is 1. The number of amides is 1. The first kappa shape index (κ1) is 21.1. The minimum Gasteiger partial charge on any atom is -0.352 e. The van der Waals surface area contributed by atoms with Crippen molar-refractivity contribution in [1.82, 2.24) is 5.32 Å². The van der Waals surface area contributed by atoms with Crippen molar-refractivity contribution in [3.8, 4) is 0 Å². The van der Waals surface area contributed by atoms with Crippen LogP contribution in [0.2, 0.25) is 10.0 Å². The van der Waals surface area contributed by atoms with Crippen molar-refractivity contribution in [2.24, 2.45) is 5.92 Å². The van der Waals surface area contributed by atoms with Gasteiger partial charge in [0, 0.05) is 16.1 Å². The van der Waals surface area contributed by atoms with Gasteiger partial charge >= 0.3 is 0 Å². The fourth-order valence-electron chi connectivity index (χ4n) is 2.21. The molecule has 1 aromatic carbocycles. The first-order chi connectivity index (χ1) is 11.0. The molecule has 0 radical (unpaired) electrons. The summed E-state index contributed by atoms with van der Waals surface area (Å²) in [4.78, 5) is 12.6. The van der Waals surface area contributed by atoms with E-state index in [2.05, 4.69) is 5.32 Å². The molecule has 1 N–H and O–H groups in total. The average molecular weight is 395 g/mol. The molecule has 1 aromatic rings. The Morgan fingerprint density at radius 3 is 2.04 bits per heavy atom. The molecule has 0 heterocycles. The summed E-state index contributed by atoms with van der Waals surface area (Å²) in [6.45, 7) is 7.61. The SMILES string of the molecule is CC[C@@H](C(=O)N[C@@H](C)C(C)C)N(c1cc(Cl)cc(Cl)c1)S(C)(=O)=O. The lowest BCUT2D eigenvalue weighted by Crippen LogP contribution is -2.52. The highest BCUT2D eigenvalue weighted by molar-refractivity contribution is 7.92. The van der Waals surface area contributed by atoms with E-state index in [1.54, 1.807) is 6.92 Å². The van der Waals surface area contributed by atoms with Gasteiger partial charge in [-0.1, -0.05) is 44.0 Å². The minimum absolute atomic E-state index is 0.0732. The van der Waals surface area contributed by atoms with E-state index in [-0.39, 0.29) is 23.6 Å². The second-order valence-corrected chi connectivity index (χ2v) is 8.88. The highest BCUT2D eigenvalue weighted by atomic mass is 35.5. The van der Waals surface area contributed by atoms with Gasteiger partial charge in [-0.05, 0) is 37.5 Å². The van der Waals surface area contributed by atoms with Crippen LogP contribution in [0.1, 0.15) is 34.1 Å². The van der Waals surface area contributed by atoms with E-state index in [9.17, 15) is 13.2 Å². The first-order valence-corrected chi connectivity index (χ1v) is 10.3. The Labute approximate surface area is 154 Å². The van der Waals surface area contributed by atoms with Gasteiger partial charge in [0.05, 0.1) is 11.9 Å². The van der Waals surface area contributed by atoms with Crippen LogP contribution in [0, 0.1) is 5.92 Å². The van der Waals surface area contributed by atoms with Gasteiger partial charge in [0.2, 0.25) is 15.9 Å². The lowest BCUT2D eigenvalue weighted by molar-refractivity contribution is -0.123. The van der Waals surface area contributed by atoms with Gasteiger partial charge in [-0.25, -0.2) is 8.42 Å². The molecular weight excluding hydrogens is 371 g/mol. The van der Waals surface area contributed by atoms with Gasteiger partial charge in [-0.15, -0.1) is 0 Å². The van der Waals surface area contributed by atoms with Gasteiger partial charge in [-0.3, -0.25) is 9.10 Å². The van der Waals surface area contributed by atoms with Gasteiger partial charge in [-0.2, -0.15) is 0 Å². The Morgan fingerprint density at radius 2 is 1.67 bits per heavy atom. The van der Waals surface area contributed by atoms with Crippen LogP contribution in [0.3, 0.4) is 0 Å². The van der Waals surface area contributed by atoms with Gasteiger partial charge < -0.3 is 5.32 Å². The second-order valence-electron chi connectivity index (χ2n) is 6.15. The van der Waals surface area contributed by atoms with Gasteiger partial charge in [0.1, 0.15) is 6.04 Å². The maximum atomic E-state index is 12.6. The van der Waals surface area contributed by atoms with Crippen LogP contribution in [0.5, 0.6) is 0 Å². The average Bonchev–Trinajstić information content (AvgIpc) is 2.41. The van der Waals surface area contributed by atoms with E-state index in [1.807, 2.05) is 20.8 Å². The largest absolute Gasteiger partial charge is 0.352 e. The minimum atomic E-state index is -3.71. The quantitative estimate of drug-likeness (QED) is 0.766. The standard InChI is InChI=1S/C16H24Cl2N2O3S/c1-6-15(16(21)19-11(4)10(2)3)20(24(5,22)23)14-8-12(17)7-13(18)9-14/h7-11,15H,6H2,1-5H3,(H,19,21)/t11-,15-/m0/s1. The van der Waals surface area contributed by atoms with Crippen molar-refractivity contribution >= 4 is 44.8 Å². The summed E-state index contributed by atoms with van der Waals surface area (Å²) >= 11 is 12.0. The summed E-state index contributed by atoms with van der Waals surface area (Å²) in [7, 11) is -3.71. The number of carbonyl (C=O) groups excluding carboxylic acids is 1. The fourth-order valence-corrected chi connectivity index (χ4v) is 3.92. The molecule has 136 valence electrons. The maximum absolute atomic E-state index is 12.6. The molecule has 0 saturated carbocycles. The molecule has 8 heteroatoms. The number of carbonyl (C=O) groups is 1. The van der Waals surface area contributed by atoms with Crippen LogP contribution in [0.25, 0.3) is 0 Å². The molecule has 0 fully saturated rings. The number of sulfonamides is 1. The monoisotopic (exact) mass is 394 g/mol. The Kier molecular flexibility index (Phi) is 7.38. The van der Waals surface area contributed by atoms with Crippen molar-refractivity contribution in [2.75, 3.05) is 10.6 Å². The molecule has 1 rings (SSSR count). The third-order valence-corrected chi connectivity index (χ3v) is 5.42. The highest BCUT2D eigenvalue weighted by Crippen LogP contribution is 2.29. The Morgan fingerprint density at radius 1 is 1.17 bits per heavy atom. The Hall–Kier alpha value is -0.980. The van der Waals surface area contributed by atoms with Crippen molar-refractivity contribution in [2.45, 2.75) is 46.2 Å². The van der Waals surface area contributed by atoms with Crippen molar-refractivity contribution < 1.29 is 13.2 Å². The van der Waals surface area contributed by atoms with Crippen LogP contribution < -0.4 is 9.62 Å². The van der Waals surface area contributed by atoms with Crippen LogP contribution in [-0.2, 0) is 14.8 Å². The molecule has 24 heavy (non-hydrogen) atoms. The normalized spacial score (nSPS) is 14.3. The third kappa shape index (κ3) is 5.53. The summed E-state index contributed by atoms with van der Waals surface area (Å²) in [6.07, 6.45) is 1.37. The third-order valence-electron chi connectivity index (χ3n) is 3.80. The van der Waals surface area contributed by atoms with Gasteiger partial charge in [0.25, 0.3) is 0 Å². The van der Waals surface area contributed by atoms with Crippen LogP contribution in [0.15, 0.2) is 18.2 Å². The number of nitrogens with one attached hydrogen (secondary N) is 1. The summed E-state index contributed by atoms with van der Waals surface area (Å²) in [5.41, 5.74) is 0.272. The van der Waals surface area contributed by atoms with E-state index >= 15 is 0 Å². The number of rotatable bonds is 7. The summed E-state index contributed by atoms with van der Waals surface area (Å²) in [6, 6.07) is 3.52. The molecule has 0 saturated heterocycles. The number of anilines is 1. The molecule has 0 spiro atoms. The van der Waals surface area contributed by atoms with Crippen LogP contribution >= 0.6 is 23.2 Å². The van der Waals surface area contributed by atoms with Gasteiger partial charge in [0.15, 0.2) is 0 Å². The lowest BCUT2D eigenvalue weighted by Gasteiger charge is -2.31. The zero-order valence-corrected chi connectivity index (χ0v) is 16.8. The number of hydrogen-bond acceptors (Lipinski definition) is 3. The number of hydrogen-bond donors (Lipinski definition) is 1. The van der Waals surface area contributed by atoms with E-state index in [1.165, 1.54) is 18.2 Å². The lowest BCUT2D eigenvalue weighted by atomic mass is 10.1. The molecule has 2 atom stereocenters. The van der Waals surface area contributed by atoms with Crippen molar-refractivity contribution in [1.29, 1.82) is 0 Å². The first-order valence-electron chi connectivity index (χ1n) is 7.73. The fraction of sp³-hybridized carbons (Fsp3) is 0.562. The molecule has 1 amide bonds. The second kappa shape index (κ2) is 8.41. The summed E-state index contributed by atoms with van der Waals surface area (Å²) < 4.78 is 25.8. The molecule has 0 unspecified atom stereocenters. The predicted octanol–water partition coefficient (Wildman–Crippen LogP) is 3.70. The zero-order chi connectivity index (χ0) is 18.7. The van der Waals surface area contributed by atoms with Crippen LogP contribution in [-0.4, -0.2) is 32.7 Å². The Bertz CT molecular complexity index is 672. The van der Waals surface area contributed by atoms with E-state index < -0.39 is 16.1 Å². The van der Waals surface area contributed by atoms with Crippen molar-refractivity contribution in [3.63, 3.8) is 0 Å². The summed E-state index contributed by atoms with van der Waals surface area (Å²) in [5, 5.41) is 3.48. The summed E-state index contributed by atoms with van der Waals surface area (Å²) in [5.74, 6) is -0.112. The zero-order valence-electron chi connectivity index (χ0n) is 14.5. The Balaban J connectivity index is 3.30. The molecule has 0 aromatic heterocycles. The highest BCUT2D eigenvalue weighted by Gasteiger charge is 2.32. The maximum Gasteiger partial charge on any atom is 0.244 e. The van der Waals surface area contributed by atoms with E-state index in [0.29, 0.717) is 16.5 Å². The molecule has 0 aliphatic carbocycles. The predicted molar refractivity (Wildman–Crippen MR) is 100 cm³/mol. The molecular formula is C16H24Cl2N2O3S. The van der Waals surface area contributed by atoms with Crippen molar-refractivity contribution in [3.05, 3.63) is 28.2 Å². The molecule has 0 aliphatic heterocycles. The smallest absolute Gasteiger partial charge is 0.244 e. The van der Waals surface area contributed by atoms with E-state index in [0.717, 1.165) is 10.6 Å². The number of nitrogens with zero attached hydrogens (tertiary/aromatic N) is 1. The molecule has 5 nitrogen and oxygen atoms in total. The topological polar surface area (TPSA) is 66.5 Å². The van der Waals surface area contributed by atoms with E-state index in [4.69, 9.17) is 23.2 Å². The molecule has 0 bridgehead atoms. The number of halogens is 2. The van der Waals surface area contributed by atoms with Crippen LogP contribution in [0.4, 0.5) is 5.69 Å².